The van der Waals surface area contributed by atoms with Gasteiger partial charge in [0, 0.05) is 8.80 Å². The van der Waals surface area contributed by atoms with E-state index in [1.54, 1.807) is 0 Å². The molecule has 0 bridgehead atoms. The standard InChI is InChI=1S/C3H9N.C3H10Si/c1-2-3-4;1-4(2)3/h2-4H2,1H3;4H,1-3H3. The third-order valence-electron chi connectivity index (χ3n) is 0.289. The van der Waals surface area contributed by atoms with E-state index in [-0.39, 0.29) is 8.80 Å². The third-order valence-corrected chi connectivity index (χ3v) is 0.289. The van der Waals surface area contributed by atoms with Crippen LogP contribution in [-0.4, -0.2) is 15.3 Å². The first-order valence-electron chi connectivity index (χ1n) is 3.35. The van der Waals surface area contributed by atoms with Crippen LogP contribution in [0.15, 0.2) is 0 Å². The second kappa shape index (κ2) is 10.2. The Morgan fingerprint density at radius 3 is 1.38 bits per heavy atom. The van der Waals surface area contributed by atoms with Crippen LogP contribution in [0.4, 0.5) is 0 Å². The molecule has 0 saturated heterocycles. The average molecular weight is 133 g/mol. The van der Waals surface area contributed by atoms with Gasteiger partial charge in [0.05, 0.1) is 0 Å². The van der Waals surface area contributed by atoms with Crippen LogP contribution in [0.1, 0.15) is 13.3 Å². The zero-order chi connectivity index (χ0) is 6.99. The molecular weight excluding hydrogens is 114 g/mol. The first-order chi connectivity index (χ1) is 3.65. The molecular formula is C6H19NSi. The second-order valence-corrected chi connectivity index (χ2v) is 5.98. The van der Waals surface area contributed by atoms with Crippen molar-refractivity contribution in [1.29, 1.82) is 0 Å². The normalized spacial score (nSPS) is 8.25. The van der Waals surface area contributed by atoms with Crippen LogP contribution in [-0.2, 0) is 0 Å². The predicted octanol–water partition coefficient (Wildman–Crippen LogP) is 1.46. The van der Waals surface area contributed by atoms with Crippen molar-refractivity contribution in [3.63, 3.8) is 0 Å². The molecule has 0 aromatic carbocycles. The molecule has 0 aliphatic heterocycles. The quantitative estimate of drug-likeness (QED) is 0.538. The summed E-state index contributed by atoms with van der Waals surface area (Å²) < 4.78 is 0. The molecule has 0 saturated carbocycles. The van der Waals surface area contributed by atoms with Crippen molar-refractivity contribution in [2.24, 2.45) is 5.73 Å². The molecule has 52 valence electrons. The van der Waals surface area contributed by atoms with E-state index >= 15 is 0 Å². The summed E-state index contributed by atoms with van der Waals surface area (Å²) in [5, 5.41) is 0. The van der Waals surface area contributed by atoms with Crippen molar-refractivity contribution in [3.05, 3.63) is 0 Å². The fourth-order valence-electron chi connectivity index (χ4n) is 0. The lowest BCUT2D eigenvalue weighted by molar-refractivity contribution is 0.932. The zero-order valence-electron chi connectivity index (χ0n) is 6.57. The minimum Gasteiger partial charge on any atom is -0.330 e. The molecule has 0 atom stereocenters. The van der Waals surface area contributed by atoms with E-state index in [0.717, 1.165) is 13.0 Å². The molecule has 0 amide bonds. The SMILES string of the molecule is CCCN.C[SiH](C)C. The van der Waals surface area contributed by atoms with Crippen molar-refractivity contribution in [2.45, 2.75) is 33.0 Å². The molecule has 8 heavy (non-hydrogen) atoms. The molecule has 2 N–H and O–H groups in total. The van der Waals surface area contributed by atoms with Crippen LogP contribution >= 0.6 is 0 Å². The van der Waals surface area contributed by atoms with Gasteiger partial charge in [-0.15, -0.1) is 0 Å². The van der Waals surface area contributed by atoms with Crippen molar-refractivity contribution in [2.75, 3.05) is 6.54 Å². The summed E-state index contributed by atoms with van der Waals surface area (Å²) >= 11 is 0. The molecule has 0 aliphatic rings. The highest BCUT2D eigenvalue weighted by Gasteiger charge is 1.71. The van der Waals surface area contributed by atoms with Gasteiger partial charge in [-0.1, -0.05) is 26.6 Å². The van der Waals surface area contributed by atoms with Gasteiger partial charge in [-0.05, 0) is 13.0 Å². The van der Waals surface area contributed by atoms with E-state index in [2.05, 4.69) is 26.6 Å². The van der Waals surface area contributed by atoms with Gasteiger partial charge in [-0.2, -0.15) is 0 Å². The topological polar surface area (TPSA) is 26.0 Å². The predicted molar refractivity (Wildman–Crippen MR) is 44.1 cm³/mol. The lowest BCUT2D eigenvalue weighted by Gasteiger charge is -1.75. The van der Waals surface area contributed by atoms with Crippen LogP contribution in [0.25, 0.3) is 0 Å². The molecule has 0 heterocycles. The van der Waals surface area contributed by atoms with Gasteiger partial charge in [0.15, 0.2) is 0 Å². The van der Waals surface area contributed by atoms with Crippen LogP contribution in [0.3, 0.4) is 0 Å². The highest BCUT2D eigenvalue weighted by Crippen LogP contribution is 1.68. The Hall–Kier alpha value is 0.177. The summed E-state index contributed by atoms with van der Waals surface area (Å²) in [6.07, 6.45) is 1.10. The zero-order valence-corrected chi connectivity index (χ0v) is 7.72. The Labute approximate surface area is 54.9 Å². The second-order valence-electron chi connectivity index (χ2n) is 2.52. The Bertz CT molecular complexity index is 25.0. The summed E-state index contributed by atoms with van der Waals surface area (Å²) in [7, 11) is -0.139. The molecule has 0 radical (unpaired) electrons. The maximum atomic E-state index is 5.03. The fourth-order valence-corrected chi connectivity index (χ4v) is 0. The highest BCUT2D eigenvalue weighted by atomic mass is 28.3. The van der Waals surface area contributed by atoms with E-state index in [1.165, 1.54) is 0 Å². The molecule has 1 nitrogen and oxygen atoms in total. The van der Waals surface area contributed by atoms with Gasteiger partial charge < -0.3 is 5.73 Å². The Morgan fingerprint density at radius 1 is 1.25 bits per heavy atom. The van der Waals surface area contributed by atoms with Gasteiger partial charge >= 0.3 is 0 Å². The summed E-state index contributed by atoms with van der Waals surface area (Å²) in [4.78, 5) is 0. The number of nitrogens with two attached hydrogens (primary N) is 1. The summed E-state index contributed by atoms with van der Waals surface area (Å²) in [5.41, 5.74) is 5.03. The van der Waals surface area contributed by atoms with E-state index in [0.29, 0.717) is 0 Å². The smallest absolute Gasteiger partial charge is 0.0274 e. The van der Waals surface area contributed by atoms with E-state index in [4.69, 9.17) is 5.73 Å². The first-order valence-corrected chi connectivity index (χ1v) is 6.81. The lowest BCUT2D eigenvalue weighted by atomic mass is 10.5. The average Bonchev–Trinajstić information content (AvgIpc) is 1.65. The molecule has 0 fully saturated rings. The first kappa shape index (κ1) is 11.0. The van der Waals surface area contributed by atoms with Crippen LogP contribution in [0.2, 0.25) is 19.6 Å². The maximum absolute atomic E-state index is 5.03. The summed E-state index contributed by atoms with van der Waals surface area (Å²) in [6.45, 7) is 9.79. The Kier molecular flexibility index (Phi) is 14.1. The number of rotatable bonds is 1. The minimum absolute atomic E-state index is 0.139. The third kappa shape index (κ3) is 120. The molecule has 0 rings (SSSR count). The van der Waals surface area contributed by atoms with E-state index in [9.17, 15) is 0 Å². The molecule has 0 aliphatic carbocycles. The molecule has 0 aromatic heterocycles. The van der Waals surface area contributed by atoms with Crippen LogP contribution in [0, 0.1) is 0 Å². The van der Waals surface area contributed by atoms with Gasteiger partial charge in [0.2, 0.25) is 0 Å². The Balaban J connectivity index is 0. The largest absolute Gasteiger partial charge is 0.330 e. The van der Waals surface area contributed by atoms with E-state index in [1.807, 2.05) is 0 Å². The molecule has 0 aromatic rings. The fraction of sp³-hybridized carbons (Fsp3) is 1.00. The minimum atomic E-state index is -0.139. The monoisotopic (exact) mass is 133 g/mol. The van der Waals surface area contributed by atoms with Gasteiger partial charge in [-0.3, -0.25) is 0 Å². The van der Waals surface area contributed by atoms with Crippen molar-refractivity contribution >= 4 is 8.80 Å². The molecule has 0 unspecified atom stereocenters. The van der Waals surface area contributed by atoms with Crippen LogP contribution < -0.4 is 5.73 Å². The molecule has 0 spiro atoms. The summed E-state index contributed by atoms with van der Waals surface area (Å²) in [5.74, 6) is 0. The van der Waals surface area contributed by atoms with Gasteiger partial charge in [0.25, 0.3) is 0 Å². The van der Waals surface area contributed by atoms with Gasteiger partial charge in [0.1, 0.15) is 0 Å². The Morgan fingerprint density at radius 2 is 1.38 bits per heavy atom. The maximum Gasteiger partial charge on any atom is 0.0274 e. The van der Waals surface area contributed by atoms with Crippen LogP contribution in [0.5, 0.6) is 0 Å². The van der Waals surface area contributed by atoms with Crippen molar-refractivity contribution in [1.82, 2.24) is 0 Å². The van der Waals surface area contributed by atoms with E-state index < -0.39 is 0 Å². The van der Waals surface area contributed by atoms with Crippen molar-refractivity contribution < 1.29 is 0 Å². The highest BCUT2D eigenvalue weighted by molar-refractivity contribution is 6.54. The number of hydrogen-bond donors (Lipinski definition) is 1. The summed E-state index contributed by atoms with van der Waals surface area (Å²) in [6, 6.07) is 0. The number of hydrogen-bond acceptors (Lipinski definition) is 1. The van der Waals surface area contributed by atoms with Crippen molar-refractivity contribution in [3.8, 4) is 0 Å². The lowest BCUT2D eigenvalue weighted by Crippen LogP contribution is -1.93. The van der Waals surface area contributed by atoms with Gasteiger partial charge in [-0.25, -0.2) is 0 Å². The molecule has 2 heteroatoms.